The molecule has 0 spiro atoms. The fraction of sp³-hybridized carbons (Fsp3) is 0.222. The first kappa shape index (κ1) is 30.4. The maximum atomic E-state index is 13.5. The van der Waals surface area contributed by atoms with Gasteiger partial charge in [-0.2, -0.15) is 0 Å². The van der Waals surface area contributed by atoms with Crippen LogP contribution < -0.4 is 19.7 Å². The number of carboxylic acid groups (broad SMARTS) is 1. The predicted octanol–water partition coefficient (Wildman–Crippen LogP) is 5.77. The number of aromatic nitrogens is 1. The molecule has 1 saturated heterocycles. The summed E-state index contributed by atoms with van der Waals surface area (Å²) in [7, 11) is 0. The van der Waals surface area contributed by atoms with Gasteiger partial charge in [0.25, 0.3) is 11.5 Å². The SMILES string of the molecule is CCN1C(=O)/C(=c2\s/c(=C\c3ccc4c(c3)C3CCCC3N4c3ccc(C=Cc4ccccc4)cc3)c(=O)n2CC(=O)O)SC1=S. The first-order valence-corrected chi connectivity index (χ1v) is 17.3. The van der Waals surface area contributed by atoms with Gasteiger partial charge in [0.1, 0.15) is 20.4 Å². The zero-order valence-corrected chi connectivity index (χ0v) is 27.5. The molecule has 3 aromatic carbocycles. The molecule has 0 bridgehead atoms. The topological polar surface area (TPSA) is 82.9 Å². The highest BCUT2D eigenvalue weighted by Gasteiger charge is 2.42. The number of thiocarbonyl (C=S) groups is 1. The van der Waals surface area contributed by atoms with E-state index in [4.69, 9.17) is 12.2 Å². The summed E-state index contributed by atoms with van der Waals surface area (Å²) < 4.78 is 2.30. The Morgan fingerprint density at radius 3 is 2.39 bits per heavy atom. The third-order valence-corrected chi connectivity index (χ3v) is 11.5. The van der Waals surface area contributed by atoms with E-state index in [1.807, 2.05) is 37.3 Å². The molecule has 1 amide bonds. The number of carbonyl (C=O) groups is 2. The average Bonchev–Trinajstić information content (AvgIpc) is 3.79. The van der Waals surface area contributed by atoms with E-state index in [-0.39, 0.29) is 5.91 Å². The largest absolute Gasteiger partial charge is 0.480 e. The van der Waals surface area contributed by atoms with Crippen molar-refractivity contribution in [3.05, 3.63) is 115 Å². The van der Waals surface area contributed by atoms with Crippen molar-refractivity contribution in [1.82, 2.24) is 9.47 Å². The molecule has 10 heteroatoms. The van der Waals surface area contributed by atoms with Crippen molar-refractivity contribution in [1.29, 1.82) is 0 Å². The van der Waals surface area contributed by atoms with Crippen molar-refractivity contribution >= 4 is 86.0 Å². The van der Waals surface area contributed by atoms with Crippen LogP contribution in [0.3, 0.4) is 0 Å². The normalized spacial score (nSPS) is 20.7. The highest BCUT2D eigenvalue weighted by atomic mass is 32.2. The van der Waals surface area contributed by atoms with Gasteiger partial charge in [-0.25, -0.2) is 0 Å². The standard InChI is InChI=1S/C36H31N3O4S3/c1-2-37-34(43)32(46-36(37)44)35-38(21-31(40)41)33(42)30(45-35)20-24-15-18-29-27(19-24)26-9-6-10-28(26)39(29)25-16-13-23(14-17-25)12-11-22-7-4-3-5-8-22/h3-5,7-8,11-20,26,28H,2,6,9-10,21H2,1H3,(H,40,41)/b12-11?,30-20-,35-32+. The van der Waals surface area contributed by atoms with Crippen LogP contribution in [0.5, 0.6) is 0 Å². The van der Waals surface area contributed by atoms with Gasteiger partial charge in [0.2, 0.25) is 0 Å². The maximum Gasteiger partial charge on any atom is 0.323 e. The van der Waals surface area contributed by atoms with E-state index in [9.17, 15) is 19.5 Å². The molecule has 3 heterocycles. The lowest BCUT2D eigenvalue weighted by molar-refractivity contribution is -0.137. The Labute approximate surface area is 279 Å². The lowest BCUT2D eigenvalue weighted by atomic mass is 9.96. The highest BCUT2D eigenvalue weighted by molar-refractivity contribution is 8.30. The van der Waals surface area contributed by atoms with Crippen LogP contribution in [0.25, 0.3) is 23.1 Å². The summed E-state index contributed by atoms with van der Waals surface area (Å²) in [5, 5.41) is 9.56. The van der Waals surface area contributed by atoms with Crippen molar-refractivity contribution in [2.45, 2.75) is 44.7 Å². The minimum Gasteiger partial charge on any atom is -0.480 e. The third kappa shape index (κ3) is 5.55. The molecule has 1 saturated carbocycles. The van der Waals surface area contributed by atoms with Crippen LogP contribution in [0.1, 0.15) is 54.4 Å². The molecule has 2 fully saturated rings. The van der Waals surface area contributed by atoms with Crippen LogP contribution in [0.2, 0.25) is 0 Å². The quantitative estimate of drug-likeness (QED) is 0.198. The molecule has 2 unspecified atom stereocenters. The van der Waals surface area contributed by atoms with Crippen molar-refractivity contribution in [3.63, 3.8) is 0 Å². The van der Waals surface area contributed by atoms with Gasteiger partial charge in [-0.1, -0.05) is 91.1 Å². The van der Waals surface area contributed by atoms with Crippen molar-refractivity contribution in [2.75, 3.05) is 11.4 Å². The molecule has 2 atom stereocenters. The van der Waals surface area contributed by atoms with Crippen LogP contribution in [-0.4, -0.2) is 43.4 Å². The number of thioether (sulfide) groups is 1. The predicted molar refractivity (Wildman–Crippen MR) is 191 cm³/mol. The van der Waals surface area contributed by atoms with E-state index in [0.29, 0.717) is 36.9 Å². The number of rotatable bonds is 7. The lowest BCUT2D eigenvalue weighted by Crippen LogP contribution is -2.35. The van der Waals surface area contributed by atoms with Gasteiger partial charge in [-0.15, -0.1) is 11.3 Å². The van der Waals surface area contributed by atoms with E-state index in [0.717, 1.165) is 59.1 Å². The Balaban J connectivity index is 1.24. The summed E-state index contributed by atoms with van der Waals surface area (Å²) in [6.45, 7) is 1.71. The Bertz CT molecular complexity index is 2080. The van der Waals surface area contributed by atoms with Crippen LogP contribution >= 0.6 is 35.3 Å². The molecule has 1 N–H and O–H groups in total. The Morgan fingerprint density at radius 1 is 0.978 bits per heavy atom. The first-order chi connectivity index (χ1) is 22.3. The molecule has 3 aliphatic rings. The van der Waals surface area contributed by atoms with Gasteiger partial charge in [-0.3, -0.25) is 23.9 Å². The number of aliphatic carboxylic acids is 1. The van der Waals surface area contributed by atoms with Gasteiger partial charge >= 0.3 is 5.97 Å². The second kappa shape index (κ2) is 12.5. The monoisotopic (exact) mass is 665 g/mol. The fourth-order valence-corrected chi connectivity index (χ4v) is 9.36. The van der Waals surface area contributed by atoms with Crippen LogP contribution in [0.15, 0.2) is 77.6 Å². The van der Waals surface area contributed by atoms with Crippen LogP contribution in [0.4, 0.5) is 11.4 Å². The molecule has 1 aromatic heterocycles. The van der Waals surface area contributed by atoms with Gasteiger partial charge in [0.05, 0.1) is 4.53 Å². The van der Waals surface area contributed by atoms with Crippen molar-refractivity contribution < 1.29 is 14.7 Å². The summed E-state index contributed by atoms with van der Waals surface area (Å²) >= 11 is 7.63. The van der Waals surface area contributed by atoms with E-state index in [2.05, 4.69) is 65.6 Å². The Kier molecular flexibility index (Phi) is 8.27. The lowest BCUT2D eigenvalue weighted by Gasteiger charge is -2.27. The number of fused-ring (bicyclic) bond motifs is 3. The molecule has 0 radical (unpaired) electrons. The summed E-state index contributed by atoms with van der Waals surface area (Å²) in [5.74, 6) is -1.05. The molecule has 1 aliphatic carbocycles. The van der Waals surface area contributed by atoms with Crippen molar-refractivity contribution in [3.8, 4) is 0 Å². The second-order valence-corrected chi connectivity index (χ2v) is 14.3. The fourth-order valence-electron chi connectivity index (χ4n) is 6.72. The van der Waals surface area contributed by atoms with Crippen LogP contribution in [0, 0.1) is 0 Å². The van der Waals surface area contributed by atoms with E-state index in [1.165, 1.54) is 26.4 Å². The third-order valence-electron chi connectivity index (χ3n) is 8.82. The summed E-state index contributed by atoms with van der Waals surface area (Å²) in [4.78, 5) is 42.5. The number of benzene rings is 3. The number of anilines is 2. The van der Waals surface area contributed by atoms with Gasteiger partial charge < -0.3 is 10.0 Å². The highest BCUT2D eigenvalue weighted by Crippen LogP contribution is 2.52. The Hall–Kier alpha value is -4.25. The summed E-state index contributed by atoms with van der Waals surface area (Å²) in [6, 6.07) is 25.7. The first-order valence-electron chi connectivity index (χ1n) is 15.3. The number of hydrogen-bond donors (Lipinski definition) is 1. The van der Waals surface area contributed by atoms with E-state index in [1.54, 1.807) is 0 Å². The molecule has 46 heavy (non-hydrogen) atoms. The number of hydrogen-bond acceptors (Lipinski definition) is 7. The molecule has 4 aromatic rings. The zero-order chi connectivity index (χ0) is 31.9. The van der Waals surface area contributed by atoms with Gasteiger partial charge in [0.15, 0.2) is 0 Å². The molecule has 2 aliphatic heterocycles. The Morgan fingerprint density at radius 2 is 1.70 bits per heavy atom. The number of thiazole rings is 1. The average molecular weight is 666 g/mol. The molecule has 232 valence electrons. The number of amides is 1. The summed E-state index contributed by atoms with van der Waals surface area (Å²) in [5.41, 5.74) is 6.38. The molecular formula is C36H31N3O4S3. The number of carboxylic acids is 1. The number of nitrogens with zero attached hydrogens (tertiary/aromatic N) is 3. The van der Waals surface area contributed by atoms with Gasteiger partial charge in [-0.05, 0) is 72.4 Å². The molecule has 7 nitrogen and oxygen atoms in total. The van der Waals surface area contributed by atoms with Crippen molar-refractivity contribution in [2.24, 2.45) is 0 Å². The smallest absolute Gasteiger partial charge is 0.323 e. The maximum absolute atomic E-state index is 13.5. The minimum atomic E-state index is -1.15. The minimum absolute atomic E-state index is 0.297. The second-order valence-electron chi connectivity index (χ2n) is 11.6. The zero-order valence-electron chi connectivity index (χ0n) is 25.1. The summed E-state index contributed by atoms with van der Waals surface area (Å²) in [6.07, 6.45) is 9.45. The molecule has 7 rings (SSSR count). The van der Waals surface area contributed by atoms with E-state index >= 15 is 0 Å². The van der Waals surface area contributed by atoms with Crippen LogP contribution in [-0.2, 0) is 16.1 Å². The molecular weight excluding hydrogens is 635 g/mol. The number of carbonyl (C=O) groups excluding carboxylic acids is 1. The van der Waals surface area contributed by atoms with Gasteiger partial charge in [0, 0.05) is 29.9 Å². The van der Waals surface area contributed by atoms with E-state index < -0.39 is 18.1 Å².